The molecule has 3 saturated heterocycles. The molecule has 3 fully saturated rings. The zero-order valence-corrected chi connectivity index (χ0v) is 42.6. The van der Waals surface area contributed by atoms with E-state index in [4.69, 9.17) is 42.6 Å². The number of Topliss-reactive ketones (excluding diaryl/α,β-unsaturated/α-hetero) is 1. The topological polar surface area (TPSA) is 195 Å². The highest BCUT2D eigenvalue weighted by atomic mass is 16.7. The van der Waals surface area contributed by atoms with Crippen LogP contribution >= 0.6 is 0 Å². The van der Waals surface area contributed by atoms with Crippen LogP contribution in [0.2, 0.25) is 0 Å². The van der Waals surface area contributed by atoms with Crippen molar-refractivity contribution in [2.24, 2.45) is 17.8 Å². The van der Waals surface area contributed by atoms with Gasteiger partial charge >= 0.3 is 11.9 Å². The molecule has 3 N–H and O–H groups in total. The molecule has 1 spiro atoms. The van der Waals surface area contributed by atoms with Crippen molar-refractivity contribution in [3.63, 3.8) is 0 Å². The number of carbonyl (C=O) groups is 3. The number of phenols is 1. The van der Waals surface area contributed by atoms with Gasteiger partial charge in [-0.15, -0.1) is 0 Å². The Labute approximate surface area is 425 Å². The molecule has 8 atom stereocenters. The standard InChI is InChI=1S/C38H46O9.C20H18O6/c1-21(2)11-10-18-36(8)19-17-24-29(39)28-30(40)26-12-9-13-27-35(6,7)47-37(34(43)44,20-16-23(5)33(41)42)38(26,27)46-32(28)25(31(24)45-36)15-14-22(3)4;1-3-15-17(25-9-23-15)5-11(1)19-13-7-22-20(14(13)8-21-19)12-2-4-16-18(6-12)26-10-24-16/h11-12,14,16-17,19,27,39H,9-10,13,15,18,20H2,1-8H3,(H,41,42)(H,43,44);1-6,13-14,19-20H,7-10H2. The van der Waals surface area contributed by atoms with Crippen LogP contribution in [-0.2, 0) is 30.2 Å². The summed E-state index contributed by atoms with van der Waals surface area (Å²) >= 11 is 0. The van der Waals surface area contributed by atoms with E-state index >= 15 is 0 Å². The van der Waals surface area contributed by atoms with E-state index in [-0.39, 0.29) is 60.4 Å². The van der Waals surface area contributed by atoms with Gasteiger partial charge in [0.25, 0.3) is 0 Å². The van der Waals surface area contributed by atoms with Gasteiger partial charge in [-0.25, -0.2) is 9.59 Å². The SMILES string of the molecule is CC(C)=CCCC1(C)C=Cc2c(O)c3c(c(CC=C(C)C)c2O1)OC12C(=CCCC1C(C)(C)OC2(CC=C(C)C(=O)O)C(=O)O)C3=O.c1cc2c(cc1C1OCC3C(c4ccc5c(c4)OCO5)OCC13)OCO2. The quantitative estimate of drug-likeness (QED) is 0.121. The van der Waals surface area contributed by atoms with Gasteiger partial charge in [-0.05, 0) is 135 Å². The molecule has 0 aromatic heterocycles. The molecule has 8 unspecified atom stereocenters. The average Bonchev–Trinajstić information content (AvgIpc) is 4.19. The highest BCUT2D eigenvalue weighted by molar-refractivity contribution is 6.17. The highest BCUT2D eigenvalue weighted by Gasteiger charge is 2.77. The fourth-order valence-electron chi connectivity index (χ4n) is 12.1. The lowest BCUT2D eigenvalue weighted by atomic mass is 9.60. The minimum Gasteiger partial charge on any atom is -0.506 e. The molecule has 3 aromatic rings. The van der Waals surface area contributed by atoms with Gasteiger partial charge in [0, 0.05) is 40.9 Å². The lowest BCUT2D eigenvalue weighted by Crippen LogP contribution is -2.66. The first-order valence-corrected chi connectivity index (χ1v) is 25.1. The monoisotopic (exact) mass is 1000 g/mol. The van der Waals surface area contributed by atoms with Gasteiger partial charge in [-0.1, -0.05) is 47.6 Å². The summed E-state index contributed by atoms with van der Waals surface area (Å²) in [6, 6.07) is 12.1. The number of benzene rings is 3. The summed E-state index contributed by atoms with van der Waals surface area (Å²) < 4.78 is 54.4. The summed E-state index contributed by atoms with van der Waals surface area (Å²) in [5.41, 5.74) is -0.425. The highest BCUT2D eigenvalue weighted by Crippen LogP contribution is 2.65. The molecular formula is C58H64O15. The molecule has 0 saturated carbocycles. The summed E-state index contributed by atoms with van der Waals surface area (Å²) in [7, 11) is 0. The molecular weight excluding hydrogens is 937 g/mol. The lowest BCUT2D eigenvalue weighted by Gasteiger charge is -2.50. The second-order valence-corrected chi connectivity index (χ2v) is 21.5. The number of carboxylic acid groups (broad SMARTS) is 2. The van der Waals surface area contributed by atoms with Gasteiger partial charge in [0.05, 0.1) is 36.6 Å². The predicted octanol–water partition coefficient (Wildman–Crippen LogP) is 10.7. The second kappa shape index (κ2) is 18.7. The second-order valence-electron chi connectivity index (χ2n) is 21.5. The summed E-state index contributed by atoms with van der Waals surface area (Å²) in [6.45, 7) is 16.8. The van der Waals surface area contributed by atoms with E-state index in [0.717, 1.165) is 46.1 Å². The first kappa shape index (κ1) is 50.0. The first-order chi connectivity index (χ1) is 34.8. The molecule has 7 aliphatic heterocycles. The van der Waals surface area contributed by atoms with E-state index in [1.54, 1.807) is 26.0 Å². The Bertz CT molecular complexity index is 2860. The maximum Gasteiger partial charge on any atom is 0.340 e. The maximum atomic E-state index is 14.7. The van der Waals surface area contributed by atoms with Crippen LogP contribution in [0, 0.1) is 17.8 Å². The van der Waals surface area contributed by atoms with Crippen LogP contribution in [0.25, 0.3) is 6.08 Å². The number of fused-ring (bicyclic) bond motifs is 5. The minimum atomic E-state index is -2.16. The number of carbonyl (C=O) groups excluding carboxylic acids is 1. The molecule has 7 heterocycles. The third-order valence-corrected chi connectivity index (χ3v) is 15.8. The van der Waals surface area contributed by atoms with E-state index in [1.165, 1.54) is 18.6 Å². The Hall–Kier alpha value is -6.55. The zero-order chi connectivity index (χ0) is 51.8. The van der Waals surface area contributed by atoms with Crippen LogP contribution in [-0.4, -0.2) is 82.2 Å². The van der Waals surface area contributed by atoms with Gasteiger partial charge in [0.2, 0.25) is 19.2 Å². The molecule has 0 amide bonds. The van der Waals surface area contributed by atoms with E-state index in [1.807, 2.05) is 71.0 Å². The van der Waals surface area contributed by atoms with E-state index < -0.39 is 46.0 Å². The third-order valence-electron chi connectivity index (χ3n) is 15.8. The van der Waals surface area contributed by atoms with Gasteiger partial charge in [-0.3, -0.25) is 4.79 Å². The normalized spacial score (nSPS) is 29.2. The Morgan fingerprint density at radius 2 is 1.37 bits per heavy atom. The number of ether oxygens (including phenoxy) is 9. The average molecular weight is 1000 g/mol. The van der Waals surface area contributed by atoms with Crippen molar-refractivity contribution >= 4 is 23.8 Å². The molecule has 73 heavy (non-hydrogen) atoms. The number of carboxylic acids is 2. The van der Waals surface area contributed by atoms with Gasteiger partial charge in [0.15, 0.2) is 34.4 Å². The largest absolute Gasteiger partial charge is 0.506 e. The summed E-state index contributed by atoms with van der Waals surface area (Å²) in [5.74, 6) is 0.295. The Kier molecular flexibility index (Phi) is 12.8. The number of ketones is 1. The Balaban J connectivity index is 0.000000195. The molecule has 0 bridgehead atoms. The maximum absolute atomic E-state index is 14.7. The molecule has 386 valence electrons. The van der Waals surface area contributed by atoms with Crippen LogP contribution in [0.4, 0.5) is 0 Å². The van der Waals surface area contributed by atoms with Crippen LogP contribution in [0.1, 0.15) is 132 Å². The number of rotatable bonds is 11. The summed E-state index contributed by atoms with van der Waals surface area (Å²) in [5, 5.41) is 32.4. The zero-order valence-electron chi connectivity index (χ0n) is 42.6. The predicted molar refractivity (Wildman–Crippen MR) is 268 cm³/mol. The summed E-state index contributed by atoms with van der Waals surface area (Å²) in [4.78, 5) is 40.0. The van der Waals surface area contributed by atoms with Crippen LogP contribution in [0.15, 0.2) is 89.1 Å². The van der Waals surface area contributed by atoms with Crippen molar-refractivity contribution < 1.29 is 72.3 Å². The van der Waals surface area contributed by atoms with Crippen molar-refractivity contribution in [2.75, 3.05) is 26.8 Å². The number of aliphatic carboxylic acids is 2. The smallest absolute Gasteiger partial charge is 0.340 e. The number of allylic oxidation sites excluding steroid dienone is 5. The number of hydrogen-bond donors (Lipinski definition) is 3. The molecule has 11 rings (SSSR count). The molecule has 3 aromatic carbocycles. The van der Waals surface area contributed by atoms with Crippen molar-refractivity contribution in [1.82, 2.24) is 0 Å². The third kappa shape index (κ3) is 8.46. The van der Waals surface area contributed by atoms with Crippen molar-refractivity contribution in [3.05, 3.63) is 117 Å². The molecule has 15 heteroatoms. The Morgan fingerprint density at radius 1 is 0.767 bits per heavy atom. The van der Waals surface area contributed by atoms with Crippen molar-refractivity contribution in [1.29, 1.82) is 0 Å². The van der Waals surface area contributed by atoms with Crippen LogP contribution < -0.4 is 28.4 Å². The summed E-state index contributed by atoms with van der Waals surface area (Å²) in [6.07, 6.45) is 13.2. The van der Waals surface area contributed by atoms with Crippen molar-refractivity contribution in [2.45, 2.75) is 129 Å². The molecule has 8 aliphatic rings. The van der Waals surface area contributed by atoms with Crippen molar-refractivity contribution in [3.8, 4) is 40.2 Å². The van der Waals surface area contributed by atoms with E-state index in [2.05, 4.69) is 18.2 Å². The van der Waals surface area contributed by atoms with E-state index in [0.29, 0.717) is 67.6 Å². The number of phenolic OH excluding ortho intramolecular Hbond substituents is 1. The molecule has 1 aliphatic carbocycles. The van der Waals surface area contributed by atoms with Crippen LogP contribution in [0.3, 0.4) is 0 Å². The van der Waals surface area contributed by atoms with E-state index in [9.17, 15) is 29.7 Å². The molecule has 15 nitrogen and oxygen atoms in total. The lowest BCUT2D eigenvalue weighted by molar-refractivity contribution is -0.184. The first-order valence-electron chi connectivity index (χ1n) is 25.1. The number of hydrogen-bond acceptors (Lipinski definition) is 13. The van der Waals surface area contributed by atoms with Gasteiger partial charge < -0.3 is 58.0 Å². The fourth-order valence-corrected chi connectivity index (χ4v) is 12.1. The van der Waals surface area contributed by atoms with Gasteiger partial charge in [-0.2, -0.15) is 0 Å². The minimum absolute atomic E-state index is 0.0218. The Morgan fingerprint density at radius 3 is 1.95 bits per heavy atom. The number of aromatic hydroxyl groups is 1. The fraction of sp³-hybridized carbons (Fsp3) is 0.466. The van der Waals surface area contributed by atoms with Gasteiger partial charge in [0.1, 0.15) is 28.4 Å². The van der Waals surface area contributed by atoms with Crippen LogP contribution in [0.5, 0.6) is 40.2 Å². The molecule has 0 radical (unpaired) electrons.